The Hall–Kier alpha value is -2.88. The van der Waals surface area contributed by atoms with Gasteiger partial charge in [0, 0.05) is 0 Å². The molecule has 0 atom stereocenters. The zero-order valence-electron chi connectivity index (χ0n) is 14.3. The average Bonchev–Trinajstić information content (AvgIpc) is 2.68. The molecule has 1 aliphatic rings. The van der Waals surface area contributed by atoms with Gasteiger partial charge < -0.3 is 9.47 Å². The van der Waals surface area contributed by atoms with E-state index in [0.29, 0.717) is 28.7 Å². The van der Waals surface area contributed by atoms with Crippen LogP contribution in [0.2, 0.25) is 0 Å². The third-order valence-electron chi connectivity index (χ3n) is 4.58. The summed E-state index contributed by atoms with van der Waals surface area (Å²) in [5.41, 5.74) is 0.994. The Bertz CT molecular complexity index is 817. The molecule has 25 heavy (non-hydrogen) atoms. The van der Waals surface area contributed by atoms with Crippen LogP contribution in [0.5, 0.6) is 11.5 Å². The summed E-state index contributed by atoms with van der Waals surface area (Å²) in [7, 11) is 0. The van der Waals surface area contributed by atoms with Gasteiger partial charge in [0.25, 0.3) is 0 Å². The smallest absolute Gasteiger partial charge is 0.343 e. The normalized spacial score (nSPS) is 14.3. The first-order valence-electron chi connectivity index (χ1n) is 8.40. The Morgan fingerprint density at radius 1 is 1.12 bits per heavy atom. The van der Waals surface area contributed by atoms with Gasteiger partial charge in [-0.1, -0.05) is 32.0 Å². The van der Waals surface area contributed by atoms with E-state index >= 15 is 0 Å². The second-order valence-corrected chi connectivity index (χ2v) is 5.98. The van der Waals surface area contributed by atoms with Crippen molar-refractivity contribution < 1.29 is 19.1 Å². The molecule has 0 spiro atoms. The fourth-order valence-corrected chi connectivity index (χ4v) is 2.90. The lowest BCUT2D eigenvalue weighted by atomic mass is 9.92. The summed E-state index contributed by atoms with van der Waals surface area (Å²) in [6, 6.07) is 12.1. The van der Waals surface area contributed by atoms with Gasteiger partial charge in [-0.2, -0.15) is 0 Å². The Labute approximate surface area is 147 Å². The van der Waals surface area contributed by atoms with Crippen molar-refractivity contribution in [1.29, 1.82) is 0 Å². The number of carbonyl (C=O) groups is 2. The molecular weight excluding hydrogens is 316 g/mol. The van der Waals surface area contributed by atoms with Crippen LogP contribution in [0.25, 0.3) is 6.08 Å². The van der Waals surface area contributed by atoms with Crippen LogP contribution in [0.4, 0.5) is 0 Å². The highest BCUT2D eigenvalue weighted by atomic mass is 16.5. The second-order valence-electron chi connectivity index (χ2n) is 5.98. The van der Waals surface area contributed by atoms with E-state index in [1.807, 2.05) is 18.2 Å². The van der Waals surface area contributed by atoms with Crippen molar-refractivity contribution in [2.75, 3.05) is 0 Å². The minimum Gasteiger partial charge on any atom is -0.482 e. The standard InChI is InChI=1S/C21H20O4/c1-3-21(4-2)13-12-17-18(25-21)11-10-16(14-22)19(17)24-20(23)15-8-6-5-7-9-15/h5-14H,3-4H2,1-2H3. The predicted molar refractivity (Wildman–Crippen MR) is 96.2 cm³/mol. The largest absolute Gasteiger partial charge is 0.482 e. The lowest BCUT2D eigenvalue weighted by Crippen LogP contribution is -2.34. The molecule has 2 aromatic carbocycles. The maximum absolute atomic E-state index is 12.4. The molecule has 0 radical (unpaired) electrons. The van der Waals surface area contributed by atoms with E-state index in [1.165, 1.54) is 0 Å². The van der Waals surface area contributed by atoms with Crippen molar-refractivity contribution in [2.45, 2.75) is 32.3 Å². The van der Waals surface area contributed by atoms with Gasteiger partial charge in [-0.15, -0.1) is 0 Å². The Morgan fingerprint density at radius 2 is 1.84 bits per heavy atom. The molecule has 0 saturated carbocycles. The summed E-state index contributed by atoms with van der Waals surface area (Å²) in [6.07, 6.45) is 6.20. The molecule has 3 rings (SSSR count). The van der Waals surface area contributed by atoms with Gasteiger partial charge in [0.05, 0.1) is 16.7 Å². The molecule has 0 amide bonds. The minimum absolute atomic E-state index is 0.235. The summed E-state index contributed by atoms with van der Waals surface area (Å²) in [5, 5.41) is 0. The lowest BCUT2D eigenvalue weighted by Gasteiger charge is -2.34. The molecule has 0 bridgehead atoms. The Balaban J connectivity index is 2.00. The fourth-order valence-electron chi connectivity index (χ4n) is 2.90. The van der Waals surface area contributed by atoms with Crippen molar-refractivity contribution in [3.63, 3.8) is 0 Å². The molecule has 1 aliphatic heterocycles. The number of hydrogen-bond donors (Lipinski definition) is 0. The van der Waals surface area contributed by atoms with E-state index in [0.717, 1.165) is 12.8 Å². The lowest BCUT2D eigenvalue weighted by molar-refractivity contribution is 0.0730. The molecule has 0 N–H and O–H groups in total. The van der Waals surface area contributed by atoms with Crippen molar-refractivity contribution in [3.05, 3.63) is 65.2 Å². The second kappa shape index (κ2) is 6.93. The van der Waals surface area contributed by atoms with Gasteiger partial charge in [-0.25, -0.2) is 4.79 Å². The highest BCUT2D eigenvalue weighted by Crippen LogP contribution is 2.41. The van der Waals surface area contributed by atoms with Crippen LogP contribution >= 0.6 is 0 Å². The zero-order valence-corrected chi connectivity index (χ0v) is 14.3. The van der Waals surface area contributed by atoms with Gasteiger partial charge in [0.15, 0.2) is 12.0 Å². The van der Waals surface area contributed by atoms with Crippen molar-refractivity contribution >= 4 is 18.3 Å². The number of aldehydes is 1. The van der Waals surface area contributed by atoms with Crippen LogP contribution in [-0.4, -0.2) is 17.9 Å². The first-order chi connectivity index (χ1) is 12.1. The third-order valence-corrected chi connectivity index (χ3v) is 4.58. The molecule has 4 heteroatoms. The molecule has 0 fully saturated rings. The van der Waals surface area contributed by atoms with Crippen molar-refractivity contribution in [2.24, 2.45) is 0 Å². The van der Waals surface area contributed by atoms with Crippen molar-refractivity contribution in [3.8, 4) is 11.5 Å². The maximum Gasteiger partial charge on any atom is 0.343 e. The molecule has 0 aliphatic carbocycles. The molecule has 0 unspecified atom stereocenters. The summed E-state index contributed by atoms with van der Waals surface area (Å²) in [5.74, 6) is 0.347. The summed E-state index contributed by atoms with van der Waals surface area (Å²) in [6.45, 7) is 4.13. The number of rotatable bonds is 5. The average molecular weight is 336 g/mol. The van der Waals surface area contributed by atoms with Crippen LogP contribution in [0.1, 0.15) is 53.0 Å². The van der Waals surface area contributed by atoms with Gasteiger partial charge in [0.2, 0.25) is 0 Å². The van der Waals surface area contributed by atoms with Gasteiger partial charge in [-0.05, 0) is 49.3 Å². The molecular formula is C21H20O4. The Kier molecular flexibility index (Phi) is 4.70. The predicted octanol–water partition coefficient (Wildman–Crippen LogP) is 4.68. The maximum atomic E-state index is 12.4. The number of ether oxygens (including phenoxy) is 2. The van der Waals surface area contributed by atoms with E-state index < -0.39 is 5.97 Å². The SMILES string of the molecule is CCC1(CC)C=Cc2c(ccc(C=O)c2OC(=O)c2ccccc2)O1. The van der Waals surface area contributed by atoms with Crippen LogP contribution in [0.3, 0.4) is 0 Å². The molecule has 2 aromatic rings. The fraction of sp³-hybridized carbons (Fsp3) is 0.238. The van der Waals surface area contributed by atoms with Gasteiger partial charge in [0.1, 0.15) is 11.4 Å². The van der Waals surface area contributed by atoms with Crippen LogP contribution in [0, 0.1) is 0 Å². The van der Waals surface area contributed by atoms with E-state index in [1.54, 1.807) is 36.4 Å². The molecule has 0 saturated heterocycles. The highest BCUT2D eigenvalue weighted by Gasteiger charge is 2.31. The van der Waals surface area contributed by atoms with Crippen molar-refractivity contribution in [1.82, 2.24) is 0 Å². The monoisotopic (exact) mass is 336 g/mol. The number of fused-ring (bicyclic) bond motifs is 1. The molecule has 1 heterocycles. The third kappa shape index (κ3) is 3.20. The molecule has 128 valence electrons. The first-order valence-corrected chi connectivity index (χ1v) is 8.40. The van der Waals surface area contributed by atoms with Gasteiger partial charge >= 0.3 is 5.97 Å². The summed E-state index contributed by atoms with van der Waals surface area (Å²) >= 11 is 0. The zero-order chi connectivity index (χ0) is 17.9. The molecule has 0 aromatic heterocycles. The Morgan fingerprint density at radius 3 is 2.48 bits per heavy atom. The topological polar surface area (TPSA) is 52.6 Å². The number of hydrogen-bond acceptors (Lipinski definition) is 4. The van der Waals surface area contributed by atoms with E-state index in [-0.39, 0.29) is 11.4 Å². The number of esters is 1. The quantitative estimate of drug-likeness (QED) is 0.452. The first kappa shape index (κ1) is 17.0. The summed E-state index contributed by atoms with van der Waals surface area (Å²) in [4.78, 5) is 23.8. The number of benzene rings is 2. The van der Waals surface area contributed by atoms with Gasteiger partial charge in [-0.3, -0.25) is 4.79 Å². The van der Waals surface area contributed by atoms with Crippen LogP contribution in [-0.2, 0) is 0 Å². The van der Waals surface area contributed by atoms with E-state index in [2.05, 4.69) is 13.8 Å². The van der Waals surface area contributed by atoms with E-state index in [4.69, 9.17) is 9.47 Å². The van der Waals surface area contributed by atoms with Crippen LogP contribution in [0.15, 0.2) is 48.5 Å². The molecule has 4 nitrogen and oxygen atoms in total. The minimum atomic E-state index is -0.506. The van der Waals surface area contributed by atoms with Crippen LogP contribution < -0.4 is 9.47 Å². The van der Waals surface area contributed by atoms with E-state index in [9.17, 15) is 9.59 Å². The highest BCUT2D eigenvalue weighted by molar-refractivity contribution is 5.94. The summed E-state index contributed by atoms with van der Waals surface area (Å²) < 4.78 is 11.7. The number of carbonyl (C=O) groups excluding carboxylic acids is 2.